The third-order valence-electron chi connectivity index (χ3n) is 2.89. The van der Waals surface area contributed by atoms with Crippen LogP contribution in [0.15, 0.2) is 36.4 Å². The van der Waals surface area contributed by atoms with Crippen LogP contribution in [0.5, 0.6) is 5.75 Å². The first-order chi connectivity index (χ1) is 10.1. The summed E-state index contributed by atoms with van der Waals surface area (Å²) in [6.07, 6.45) is 0. The zero-order valence-electron chi connectivity index (χ0n) is 11.6. The summed E-state index contributed by atoms with van der Waals surface area (Å²) in [7, 11) is 0. The predicted octanol–water partition coefficient (Wildman–Crippen LogP) is 4.19. The quantitative estimate of drug-likeness (QED) is 0.861. The minimum absolute atomic E-state index is 0.356. The fourth-order valence-electron chi connectivity index (χ4n) is 1.83. The Balaban J connectivity index is 2.07. The number of halogens is 2. The van der Waals surface area contributed by atoms with Crippen LogP contribution in [0.1, 0.15) is 16.7 Å². The van der Waals surface area contributed by atoms with E-state index in [1.807, 2.05) is 31.2 Å². The van der Waals surface area contributed by atoms with E-state index in [2.05, 4.69) is 11.8 Å². The van der Waals surface area contributed by atoms with Gasteiger partial charge in [0.1, 0.15) is 12.4 Å². The molecule has 0 amide bonds. The van der Waals surface area contributed by atoms with E-state index in [-0.39, 0.29) is 0 Å². The molecule has 0 aliphatic rings. The van der Waals surface area contributed by atoms with Gasteiger partial charge in [0.25, 0.3) is 0 Å². The summed E-state index contributed by atoms with van der Waals surface area (Å²) in [5.41, 5.74) is 8.29. The van der Waals surface area contributed by atoms with Gasteiger partial charge in [-0.3, -0.25) is 0 Å². The highest BCUT2D eigenvalue weighted by molar-refractivity contribution is 6.42. The van der Waals surface area contributed by atoms with Gasteiger partial charge in [-0.25, -0.2) is 0 Å². The summed E-state index contributed by atoms with van der Waals surface area (Å²) in [5, 5.41) is 1.07. The highest BCUT2D eigenvalue weighted by atomic mass is 35.5. The molecule has 2 rings (SSSR count). The Kier molecular flexibility index (Phi) is 5.52. The zero-order chi connectivity index (χ0) is 15.2. The molecule has 0 aromatic heterocycles. The van der Waals surface area contributed by atoms with Crippen LogP contribution in [-0.2, 0) is 6.61 Å². The van der Waals surface area contributed by atoms with Crippen LogP contribution >= 0.6 is 23.2 Å². The van der Waals surface area contributed by atoms with Crippen molar-refractivity contribution in [3.63, 3.8) is 0 Å². The Hall–Kier alpha value is -1.66. The van der Waals surface area contributed by atoms with Crippen molar-refractivity contribution in [3.05, 3.63) is 63.1 Å². The third kappa shape index (κ3) is 4.41. The molecule has 0 aliphatic heterocycles. The first kappa shape index (κ1) is 15.7. The van der Waals surface area contributed by atoms with Crippen molar-refractivity contribution in [3.8, 4) is 17.6 Å². The Morgan fingerprint density at radius 2 is 1.90 bits per heavy atom. The van der Waals surface area contributed by atoms with Crippen LogP contribution in [0, 0.1) is 18.8 Å². The molecule has 0 aliphatic carbocycles. The molecule has 108 valence electrons. The SMILES string of the molecule is Cc1cc(C#CCN)ccc1OCc1ccc(Cl)c(Cl)c1. The zero-order valence-corrected chi connectivity index (χ0v) is 13.1. The summed E-state index contributed by atoms with van der Waals surface area (Å²) < 4.78 is 5.80. The monoisotopic (exact) mass is 319 g/mol. The maximum Gasteiger partial charge on any atom is 0.122 e. The minimum atomic E-state index is 0.356. The van der Waals surface area contributed by atoms with Crippen LogP contribution in [0.25, 0.3) is 0 Å². The smallest absolute Gasteiger partial charge is 0.122 e. The van der Waals surface area contributed by atoms with Gasteiger partial charge in [-0.2, -0.15) is 0 Å². The molecule has 0 fully saturated rings. The van der Waals surface area contributed by atoms with E-state index >= 15 is 0 Å². The maximum atomic E-state index is 5.98. The molecular weight excluding hydrogens is 305 g/mol. The molecule has 0 bridgehead atoms. The van der Waals surface area contributed by atoms with Crippen molar-refractivity contribution < 1.29 is 4.74 Å². The van der Waals surface area contributed by atoms with E-state index in [1.54, 1.807) is 12.1 Å². The Labute approximate surface area is 134 Å². The largest absolute Gasteiger partial charge is 0.489 e. The van der Waals surface area contributed by atoms with Gasteiger partial charge in [-0.1, -0.05) is 41.1 Å². The van der Waals surface area contributed by atoms with Crippen LogP contribution in [0.4, 0.5) is 0 Å². The number of rotatable bonds is 3. The highest BCUT2D eigenvalue weighted by Gasteiger charge is 2.03. The lowest BCUT2D eigenvalue weighted by atomic mass is 10.1. The van der Waals surface area contributed by atoms with Crippen LogP contribution in [0.2, 0.25) is 10.0 Å². The van der Waals surface area contributed by atoms with E-state index < -0.39 is 0 Å². The molecular formula is C17H15Cl2NO. The van der Waals surface area contributed by atoms with Gasteiger partial charge in [0.15, 0.2) is 0 Å². The van der Waals surface area contributed by atoms with E-state index in [1.165, 1.54) is 0 Å². The molecule has 0 unspecified atom stereocenters. The van der Waals surface area contributed by atoms with Crippen LogP contribution < -0.4 is 10.5 Å². The van der Waals surface area contributed by atoms with Gasteiger partial charge in [0.05, 0.1) is 16.6 Å². The number of hydrogen-bond donors (Lipinski definition) is 1. The molecule has 0 radical (unpaired) electrons. The second kappa shape index (κ2) is 7.38. The number of benzene rings is 2. The summed E-state index contributed by atoms with van der Waals surface area (Å²) in [5.74, 6) is 6.65. The molecule has 0 spiro atoms. The lowest BCUT2D eigenvalue weighted by molar-refractivity contribution is 0.304. The average Bonchev–Trinajstić information content (AvgIpc) is 2.47. The lowest BCUT2D eigenvalue weighted by Crippen LogP contribution is -1.97. The molecule has 2 nitrogen and oxygen atoms in total. The van der Waals surface area contributed by atoms with Gasteiger partial charge in [-0.15, -0.1) is 0 Å². The predicted molar refractivity (Wildman–Crippen MR) is 87.9 cm³/mol. The van der Waals surface area contributed by atoms with Crippen molar-refractivity contribution in [2.75, 3.05) is 6.54 Å². The highest BCUT2D eigenvalue weighted by Crippen LogP contribution is 2.24. The first-order valence-electron chi connectivity index (χ1n) is 6.46. The molecule has 0 atom stereocenters. The second-order valence-corrected chi connectivity index (χ2v) is 5.34. The number of aryl methyl sites for hydroxylation is 1. The van der Waals surface area contributed by atoms with E-state index in [9.17, 15) is 0 Å². The normalized spacial score (nSPS) is 9.90. The van der Waals surface area contributed by atoms with Crippen LogP contribution in [0.3, 0.4) is 0 Å². The van der Waals surface area contributed by atoms with Gasteiger partial charge in [-0.05, 0) is 48.4 Å². The fourth-order valence-corrected chi connectivity index (χ4v) is 2.15. The molecule has 2 aromatic carbocycles. The van der Waals surface area contributed by atoms with Crippen molar-refractivity contribution >= 4 is 23.2 Å². The molecule has 2 N–H and O–H groups in total. The van der Waals surface area contributed by atoms with Gasteiger partial charge in [0, 0.05) is 5.56 Å². The number of nitrogens with two attached hydrogens (primary N) is 1. The van der Waals surface area contributed by atoms with Gasteiger partial charge < -0.3 is 10.5 Å². The third-order valence-corrected chi connectivity index (χ3v) is 3.63. The van der Waals surface area contributed by atoms with Crippen LogP contribution in [-0.4, -0.2) is 6.54 Å². The lowest BCUT2D eigenvalue weighted by Gasteiger charge is -2.10. The van der Waals surface area contributed by atoms with E-state index in [0.29, 0.717) is 23.2 Å². The topological polar surface area (TPSA) is 35.2 Å². The molecule has 0 saturated heterocycles. The molecule has 4 heteroatoms. The second-order valence-electron chi connectivity index (χ2n) is 4.52. The summed E-state index contributed by atoms with van der Waals surface area (Å²) in [6, 6.07) is 11.3. The first-order valence-corrected chi connectivity index (χ1v) is 7.22. The summed E-state index contributed by atoms with van der Waals surface area (Å²) >= 11 is 11.9. The minimum Gasteiger partial charge on any atom is -0.489 e. The maximum absolute atomic E-state index is 5.98. The van der Waals surface area contributed by atoms with Gasteiger partial charge in [0.2, 0.25) is 0 Å². The Morgan fingerprint density at radius 3 is 2.57 bits per heavy atom. The average molecular weight is 320 g/mol. The van der Waals surface area contributed by atoms with Crippen molar-refractivity contribution in [1.82, 2.24) is 0 Å². The Bertz CT molecular complexity index is 702. The molecule has 21 heavy (non-hydrogen) atoms. The van der Waals surface area contributed by atoms with E-state index in [0.717, 1.165) is 22.4 Å². The summed E-state index contributed by atoms with van der Waals surface area (Å²) in [6.45, 7) is 2.78. The number of hydrogen-bond acceptors (Lipinski definition) is 2. The van der Waals surface area contributed by atoms with Crippen molar-refractivity contribution in [2.24, 2.45) is 5.73 Å². The standard InChI is InChI=1S/C17H15Cl2NO/c1-12-9-13(3-2-8-20)5-7-17(12)21-11-14-4-6-15(18)16(19)10-14/h4-7,9-10H,8,11,20H2,1H3. The van der Waals surface area contributed by atoms with Crippen molar-refractivity contribution in [1.29, 1.82) is 0 Å². The molecule has 0 heterocycles. The molecule has 2 aromatic rings. The van der Waals surface area contributed by atoms with Crippen molar-refractivity contribution in [2.45, 2.75) is 13.5 Å². The molecule has 0 saturated carbocycles. The number of ether oxygens (including phenoxy) is 1. The Morgan fingerprint density at radius 1 is 1.10 bits per heavy atom. The fraction of sp³-hybridized carbons (Fsp3) is 0.176. The van der Waals surface area contributed by atoms with E-state index in [4.69, 9.17) is 33.7 Å². The van der Waals surface area contributed by atoms with Gasteiger partial charge >= 0.3 is 0 Å². The summed E-state index contributed by atoms with van der Waals surface area (Å²) in [4.78, 5) is 0.